The summed E-state index contributed by atoms with van der Waals surface area (Å²) in [6.07, 6.45) is 2.39. The smallest absolute Gasteiger partial charge is 0.128 e. The maximum absolute atomic E-state index is 2.47. The second-order valence-electron chi connectivity index (χ2n) is 3.61. The molecule has 0 heterocycles. The number of halogens is 4. The maximum Gasteiger partial charge on any atom is 0.309 e. The van der Waals surface area contributed by atoms with Gasteiger partial charge in [0.1, 0.15) is 0 Å². The molecule has 0 amide bonds. The molecule has 0 bridgehead atoms. The summed E-state index contributed by atoms with van der Waals surface area (Å²) in [4.78, 5) is 0. The maximum atomic E-state index is 2.47. The molecule has 0 N–H and O–H groups in total. The Hall–Kier alpha value is 2.79. The number of allylic oxidation sites excluding steroid dienone is 1. The van der Waals surface area contributed by atoms with Crippen molar-refractivity contribution in [1.29, 1.82) is 0 Å². The van der Waals surface area contributed by atoms with E-state index in [1.807, 2.05) is 0 Å². The predicted octanol–water partition coefficient (Wildman–Crippen LogP) is 4.75. The van der Waals surface area contributed by atoms with Gasteiger partial charge in [0.25, 0.3) is 0 Å². The SMILES string of the molecule is CC(C)(C)C=C(B(I)I)B(I)I. The summed E-state index contributed by atoms with van der Waals surface area (Å²) in [6.45, 7) is 6.75. The second-order valence-corrected chi connectivity index (χ2v) is 13.4. The lowest BCUT2D eigenvalue weighted by Gasteiger charge is -2.16. The van der Waals surface area contributed by atoms with Crippen molar-refractivity contribution in [3.05, 3.63) is 11.4 Å². The Morgan fingerprint density at radius 3 is 1.42 bits per heavy atom. The van der Waals surface area contributed by atoms with E-state index in [1.54, 1.807) is 0 Å². The van der Waals surface area contributed by atoms with Crippen molar-refractivity contribution in [2.75, 3.05) is 0 Å². The van der Waals surface area contributed by atoms with E-state index in [0.717, 1.165) is 0 Å². The van der Waals surface area contributed by atoms with Crippen LogP contribution in [0, 0.1) is 5.41 Å². The molecule has 0 aliphatic heterocycles. The van der Waals surface area contributed by atoms with Gasteiger partial charge in [0.15, 0.2) is 0 Å². The summed E-state index contributed by atoms with van der Waals surface area (Å²) >= 11 is 9.87. The highest BCUT2D eigenvalue weighted by atomic mass is 127. The van der Waals surface area contributed by atoms with Crippen LogP contribution in [0.1, 0.15) is 20.8 Å². The minimum atomic E-state index is 0.304. The molecular formula is C6H10B2I4. The first-order chi connectivity index (χ1) is 5.24. The lowest BCUT2D eigenvalue weighted by atomic mass is 9.73. The van der Waals surface area contributed by atoms with Gasteiger partial charge in [-0.05, 0) is 5.41 Å². The molecule has 0 aliphatic rings. The molecule has 0 radical (unpaired) electrons. The Labute approximate surface area is 130 Å². The van der Waals surface area contributed by atoms with Crippen molar-refractivity contribution in [3.8, 4) is 0 Å². The third kappa shape index (κ3) is 7.13. The van der Waals surface area contributed by atoms with Crippen LogP contribution in [0.5, 0.6) is 0 Å². The van der Waals surface area contributed by atoms with E-state index < -0.39 is 0 Å². The van der Waals surface area contributed by atoms with Gasteiger partial charge < -0.3 is 0 Å². The summed E-state index contributed by atoms with van der Waals surface area (Å²) in [6, 6.07) is 0. The minimum absolute atomic E-state index is 0.304. The summed E-state index contributed by atoms with van der Waals surface area (Å²) in [5.74, 6) is 0. The van der Waals surface area contributed by atoms with Crippen LogP contribution in [0.2, 0.25) is 0 Å². The first-order valence-corrected chi connectivity index (χ1v) is 8.51. The molecule has 12 heavy (non-hydrogen) atoms. The lowest BCUT2D eigenvalue weighted by molar-refractivity contribution is 0.544. The fourth-order valence-corrected chi connectivity index (χ4v) is 5.63. The van der Waals surface area contributed by atoms with Gasteiger partial charge in [-0.1, -0.05) is 32.2 Å². The molecular weight excluding hydrogens is 601 g/mol. The van der Waals surface area contributed by atoms with E-state index >= 15 is 0 Å². The third-order valence-electron chi connectivity index (χ3n) is 1.10. The average Bonchev–Trinajstić information content (AvgIpc) is 1.79. The van der Waals surface area contributed by atoms with Crippen LogP contribution in [0.4, 0.5) is 0 Å². The first-order valence-electron chi connectivity index (χ1n) is 3.53. The van der Waals surface area contributed by atoms with E-state index in [9.17, 15) is 0 Å². The minimum Gasteiger partial charge on any atom is -0.128 e. The Morgan fingerprint density at radius 1 is 1.00 bits per heavy atom. The van der Waals surface area contributed by atoms with E-state index in [0.29, 0.717) is 10.3 Å². The fraction of sp³-hybridized carbons (Fsp3) is 0.667. The third-order valence-corrected chi connectivity index (χ3v) is 3.98. The summed E-state index contributed by atoms with van der Waals surface area (Å²) in [5.41, 5.74) is 0.304. The van der Waals surface area contributed by atoms with Gasteiger partial charge in [-0.2, -0.15) is 0 Å². The molecule has 0 aromatic heterocycles. The Balaban J connectivity index is 4.63. The van der Waals surface area contributed by atoms with Crippen LogP contribution in [-0.2, 0) is 0 Å². The molecule has 0 nitrogen and oxygen atoms in total. The largest absolute Gasteiger partial charge is 0.309 e. The normalized spacial score (nSPS) is 10.9. The van der Waals surface area contributed by atoms with E-state index in [2.05, 4.69) is 116 Å². The second kappa shape index (κ2) is 6.39. The van der Waals surface area contributed by atoms with Gasteiger partial charge in [0, 0.05) is 0 Å². The van der Waals surface area contributed by atoms with Gasteiger partial charge in [0.05, 0.1) is 0 Å². The van der Waals surface area contributed by atoms with Crippen molar-refractivity contribution < 1.29 is 0 Å². The fourth-order valence-electron chi connectivity index (χ4n) is 0.721. The van der Waals surface area contributed by atoms with Crippen molar-refractivity contribution >= 4 is 94.3 Å². The zero-order chi connectivity index (χ0) is 9.94. The van der Waals surface area contributed by atoms with Crippen LogP contribution >= 0.6 is 89.5 Å². The zero-order valence-corrected chi connectivity index (χ0v) is 15.9. The van der Waals surface area contributed by atoms with Gasteiger partial charge in [0.2, 0.25) is 0 Å². The van der Waals surface area contributed by atoms with Crippen molar-refractivity contribution in [2.24, 2.45) is 5.41 Å². The molecule has 0 aromatic rings. The van der Waals surface area contributed by atoms with Gasteiger partial charge in [-0.15, -0.1) is 89.5 Å². The molecule has 0 saturated carbocycles. The van der Waals surface area contributed by atoms with E-state index in [1.165, 1.54) is 5.37 Å². The average molecular weight is 611 g/mol. The zero-order valence-electron chi connectivity index (χ0n) is 7.24. The van der Waals surface area contributed by atoms with Crippen molar-refractivity contribution in [1.82, 2.24) is 0 Å². The molecule has 68 valence electrons. The summed E-state index contributed by atoms with van der Waals surface area (Å²) in [5, 5.41) is 1.53. The quantitative estimate of drug-likeness (QED) is 0.313. The van der Waals surface area contributed by atoms with Crippen molar-refractivity contribution in [2.45, 2.75) is 20.8 Å². The number of rotatable bonds is 2. The molecule has 0 unspecified atom stereocenters. The molecule has 0 aromatic carbocycles. The van der Waals surface area contributed by atoms with Gasteiger partial charge >= 0.3 is 4.85 Å². The van der Waals surface area contributed by atoms with Crippen LogP contribution in [0.15, 0.2) is 11.4 Å². The Morgan fingerprint density at radius 2 is 1.33 bits per heavy atom. The standard InChI is InChI=1S/C6H10B2I4/c1-6(2,3)4-5(7(9)10)8(11)12/h4H,1-3H3. The molecule has 0 saturated heterocycles. The Bertz CT molecular complexity index is 161. The monoisotopic (exact) mass is 612 g/mol. The molecule has 0 atom stereocenters. The molecule has 6 heteroatoms. The molecule has 0 rings (SSSR count). The van der Waals surface area contributed by atoms with Crippen molar-refractivity contribution in [3.63, 3.8) is 0 Å². The highest BCUT2D eigenvalue weighted by Crippen LogP contribution is 2.29. The highest BCUT2D eigenvalue weighted by Gasteiger charge is 2.22. The van der Waals surface area contributed by atoms with Gasteiger partial charge in [-0.25, -0.2) is 0 Å². The number of hydrogen-bond acceptors (Lipinski definition) is 0. The Kier molecular flexibility index (Phi) is 7.87. The van der Waals surface area contributed by atoms with E-state index in [4.69, 9.17) is 0 Å². The lowest BCUT2D eigenvalue weighted by Crippen LogP contribution is -2.14. The first kappa shape index (κ1) is 14.8. The topological polar surface area (TPSA) is 0 Å². The van der Waals surface area contributed by atoms with Crippen LogP contribution < -0.4 is 0 Å². The highest BCUT2D eigenvalue weighted by molar-refractivity contribution is 14.3. The summed E-state index contributed by atoms with van der Waals surface area (Å²) in [7, 11) is 0. The number of hydrogen-bond donors (Lipinski definition) is 0. The van der Waals surface area contributed by atoms with Crippen LogP contribution in [0.3, 0.4) is 0 Å². The predicted molar refractivity (Wildman–Crippen MR) is 95.1 cm³/mol. The van der Waals surface area contributed by atoms with E-state index in [-0.39, 0.29) is 0 Å². The van der Waals surface area contributed by atoms with Crippen LogP contribution in [-0.4, -0.2) is 4.85 Å². The molecule has 0 aliphatic carbocycles. The van der Waals surface area contributed by atoms with Gasteiger partial charge in [-0.3, -0.25) is 0 Å². The molecule has 0 spiro atoms. The van der Waals surface area contributed by atoms with Crippen LogP contribution in [0.25, 0.3) is 0 Å². The molecule has 0 fully saturated rings. The summed E-state index contributed by atoms with van der Waals surface area (Å²) < 4.78 is 1.22.